The molecule has 0 unspecified atom stereocenters. The Morgan fingerprint density at radius 3 is 2.85 bits per heavy atom. The average Bonchev–Trinajstić information content (AvgIpc) is 2.84. The largest absolute Gasteiger partial charge is 0.478 e. The molecule has 0 radical (unpaired) electrons. The molecule has 0 atom stereocenters. The van der Waals surface area contributed by atoms with Gasteiger partial charge in [0.1, 0.15) is 0 Å². The van der Waals surface area contributed by atoms with Crippen molar-refractivity contribution in [3.05, 3.63) is 64.7 Å². The van der Waals surface area contributed by atoms with Crippen molar-refractivity contribution < 1.29 is 9.90 Å². The maximum Gasteiger partial charge on any atom is 0.335 e. The summed E-state index contributed by atoms with van der Waals surface area (Å²) in [4.78, 5) is 13.5. The first-order chi connectivity index (χ1) is 9.65. The second kappa shape index (κ2) is 5.00. The zero-order chi connectivity index (χ0) is 14.1. The highest BCUT2D eigenvalue weighted by Crippen LogP contribution is 2.29. The molecular weight excluding hydrogens is 250 g/mol. The number of anilines is 1. The van der Waals surface area contributed by atoms with Crippen molar-refractivity contribution in [3.8, 4) is 0 Å². The molecule has 0 aromatic heterocycles. The summed E-state index contributed by atoms with van der Waals surface area (Å²) in [6.45, 7) is 3.59. The van der Waals surface area contributed by atoms with Crippen molar-refractivity contribution in [2.75, 3.05) is 11.4 Å². The van der Waals surface area contributed by atoms with Crippen LogP contribution in [0.4, 0.5) is 5.69 Å². The summed E-state index contributed by atoms with van der Waals surface area (Å²) in [7, 11) is 0. The van der Waals surface area contributed by atoms with E-state index in [-0.39, 0.29) is 0 Å². The number of benzene rings is 2. The van der Waals surface area contributed by atoms with E-state index >= 15 is 0 Å². The smallest absolute Gasteiger partial charge is 0.335 e. The summed E-state index contributed by atoms with van der Waals surface area (Å²) in [6, 6.07) is 14.1. The van der Waals surface area contributed by atoms with Gasteiger partial charge in [-0.05, 0) is 42.2 Å². The van der Waals surface area contributed by atoms with Gasteiger partial charge in [0, 0.05) is 18.8 Å². The number of aromatic carboxylic acids is 1. The molecule has 20 heavy (non-hydrogen) atoms. The van der Waals surface area contributed by atoms with Crippen molar-refractivity contribution >= 4 is 11.7 Å². The van der Waals surface area contributed by atoms with Crippen LogP contribution in [0, 0.1) is 6.92 Å². The highest BCUT2D eigenvalue weighted by Gasteiger charge is 2.18. The Balaban J connectivity index is 1.86. The summed E-state index contributed by atoms with van der Waals surface area (Å²) in [6.07, 6.45) is 1.06. The third kappa shape index (κ3) is 2.27. The van der Waals surface area contributed by atoms with Crippen molar-refractivity contribution in [1.29, 1.82) is 0 Å². The molecule has 0 amide bonds. The van der Waals surface area contributed by atoms with Gasteiger partial charge in [-0.15, -0.1) is 0 Å². The van der Waals surface area contributed by atoms with Crippen molar-refractivity contribution in [2.24, 2.45) is 0 Å². The van der Waals surface area contributed by atoms with Crippen LogP contribution in [0.1, 0.15) is 27.0 Å². The van der Waals surface area contributed by atoms with E-state index in [4.69, 9.17) is 0 Å². The topological polar surface area (TPSA) is 40.5 Å². The first kappa shape index (κ1) is 12.7. The SMILES string of the molecule is Cc1ccc(CN2CCc3ccccc32)cc1C(=O)O. The fourth-order valence-corrected chi connectivity index (χ4v) is 2.79. The number of fused-ring (bicyclic) bond motifs is 1. The van der Waals surface area contributed by atoms with Gasteiger partial charge in [-0.3, -0.25) is 0 Å². The second-order valence-corrected chi connectivity index (χ2v) is 5.25. The zero-order valence-corrected chi connectivity index (χ0v) is 11.5. The molecule has 0 saturated heterocycles. The number of aryl methyl sites for hydroxylation is 1. The van der Waals surface area contributed by atoms with Crippen molar-refractivity contribution in [1.82, 2.24) is 0 Å². The molecular formula is C17H17NO2. The molecule has 1 heterocycles. The molecule has 0 aliphatic carbocycles. The molecule has 3 heteroatoms. The third-order valence-corrected chi connectivity index (χ3v) is 3.89. The van der Waals surface area contributed by atoms with Gasteiger partial charge >= 0.3 is 5.97 Å². The number of hydrogen-bond acceptors (Lipinski definition) is 2. The first-order valence-electron chi connectivity index (χ1n) is 6.81. The minimum atomic E-state index is -0.855. The number of carboxylic acids is 1. The molecule has 3 rings (SSSR count). The standard InChI is InChI=1S/C17H17NO2/c1-12-6-7-13(10-15(12)17(19)20)11-18-9-8-14-4-2-3-5-16(14)18/h2-7,10H,8-9,11H2,1H3,(H,19,20). The molecule has 0 bridgehead atoms. The number of carboxylic acid groups (broad SMARTS) is 1. The van der Waals surface area contributed by atoms with E-state index in [0.29, 0.717) is 5.56 Å². The normalized spacial score (nSPS) is 13.3. The van der Waals surface area contributed by atoms with Gasteiger partial charge < -0.3 is 10.0 Å². The summed E-state index contributed by atoms with van der Waals surface area (Å²) in [5.74, 6) is -0.855. The Hall–Kier alpha value is -2.29. The van der Waals surface area contributed by atoms with E-state index in [2.05, 4.69) is 29.2 Å². The van der Waals surface area contributed by atoms with Crippen LogP contribution in [0.15, 0.2) is 42.5 Å². The molecule has 102 valence electrons. The number of nitrogens with zero attached hydrogens (tertiary/aromatic N) is 1. The number of carbonyl (C=O) groups is 1. The van der Waals surface area contributed by atoms with E-state index in [1.165, 1.54) is 11.3 Å². The summed E-state index contributed by atoms with van der Waals surface area (Å²) in [5.41, 5.74) is 4.89. The lowest BCUT2D eigenvalue weighted by molar-refractivity contribution is 0.0696. The van der Waals surface area contributed by atoms with E-state index in [9.17, 15) is 9.90 Å². The highest BCUT2D eigenvalue weighted by molar-refractivity contribution is 5.89. The Morgan fingerprint density at radius 1 is 1.25 bits per heavy atom. The highest BCUT2D eigenvalue weighted by atomic mass is 16.4. The van der Waals surface area contributed by atoms with Crippen LogP contribution in [0.25, 0.3) is 0 Å². The molecule has 1 aliphatic rings. The van der Waals surface area contributed by atoms with Crippen LogP contribution in [0.5, 0.6) is 0 Å². The van der Waals surface area contributed by atoms with Gasteiger partial charge in [0.25, 0.3) is 0 Å². The molecule has 1 aliphatic heterocycles. The first-order valence-corrected chi connectivity index (χ1v) is 6.81. The summed E-state index contributed by atoms with van der Waals surface area (Å²) in [5, 5.41) is 9.20. The Bertz CT molecular complexity index is 664. The van der Waals surface area contributed by atoms with Gasteiger partial charge in [-0.2, -0.15) is 0 Å². The predicted octanol–water partition coefficient (Wildman–Crippen LogP) is 3.26. The van der Waals surface area contributed by atoms with Crippen LogP contribution in [0.2, 0.25) is 0 Å². The molecule has 0 saturated carbocycles. The maximum absolute atomic E-state index is 11.2. The lowest BCUT2D eigenvalue weighted by Crippen LogP contribution is -2.20. The van der Waals surface area contributed by atoms with E-state index in [0.717, 1.165) is 30.6 Å². The molecule has 2 aromatic carbocycles. The fraction of sp³-hybridized carbons (Fsp3) is 0.235. The maximum atomic E-state index is 11.2. The number of hydrogen-bond donors (Lipinski definition) is 1. The van der Waals surface area contributed by atoms with Crippen LogP contribution in [-0.2, 0) is 13.0 Å². The van der Waals surface area contributed by atoms with Gasteiger partial charge in [-0.25, -0.2) is 4.79 Å². The summed E-state index contributed by atoms with van der Waals surface area (Å²) < 4.78 is 0. The predicted molar refractivity (Wildman–Crippen MR) is 79.3 cm³/mol. The van der Waals surface area contributed by atoms with E-state index in [1.54, 1.807) is 6.07 Å². The lowest BCUT2D eigenvalue weighted by Gasteiger charge is -2.20. The van der Waals surface area contributed by atoms with Gasteiger partial charge in [-0.1, -0.05) is 30.3 Å². The van der Waals surface area contributed by atoms with Crippen molar-refractivity contribution in [2.45, 2.75) is 19.9 Å². The van der Waals surface area contributed by atoms with Crippen LogP contribution in [0.3, 0.4) is 0 Å². The Morgan fingerprint density at radius 2 is 2.05 bits per heavy atom. The van der Waals surface area contributed by atoms with E-state index < -0.39 is 5.97 Å². The lowest BCUT2D eigenvalue weighted by atomic mass is 10.0. The fourth-order valence-electron chi connectivity index (χ4n) is 2.79. The van der Waals surface area contributed by atoms with Crippen LogP contribution >= 0.6 is 0 Å². The van der Waals surface area contributed by atoms with Gasteiger partial charge in [0.2, 0.25) is 0 Å². The molecule has 2 aromatic rings. The van der Waals surface area contributed by atoms with Gasteiger partial charge in [0.15, 0.2) is 0 Å². The van der Waals surface area contributed by atoms with Crippen LogP contribution < -0.4 is 4.90 Å². The Labute approximate surface area is 118 Å². The van der Waals surface area contributed by atoms with Crippen LogP contribution in [-0.4, -0.2) is 17.6 Å². The number of para-hydroxylation sites is 1. The minimum Gasteiger partial charge on any atom is -0.478 e. The summed E-state index contributed by atoms with van der Waals surface area (Å²) >= 11 is 0. The average molecular weight is 267 g/mol. The van der Waals surface area contributed by atoms with Gasteiger partial charge in [0.05, 0.1) is 5.56 Å². The second-order valence-electron chi connectivity index (χ2n) is 5.25. The molecule has 0 spiro atoms. The molecule has 1 N–H and O–H groups in total. The number of rotatable bonds is 3. The van der Waals surface area contributed by atoms with E-state index in [1.807, 2.05) is 19.1 Å². The molecule has 3 nitrogen and oxygen atoms in total. The third-order valence-electron chi connectivity index (χ3n) is 3.89. The zero-order valence-electron chi connectivity index (χ0n) is 11.5. The quantitative estimate of drug-likeness (QED) is 0.928. The minimum absolute atomic E-state index is 0.398. The Kier molecular flexibility index (Phi) is 3.18. The monoisotopic (exact) mass is 267 g/mol. The molecule has 0 fully saturated rings. The van der Waals surface area contributed by atoms with Crippen molar-refractivity contribution in [3.63, 3.8) is 0 Å².